The number of hydrogen-bond donors (Lipinski definition) is 2. The van der Waals surface area contributed by atoms with Crippen LogP contribution in [0.15, 0.2) is 42.5 Å². The van der Waals surface area contributed by atoms with E-state index in [9.17, 15) is 9.90 Å². The molecule has 0 bridgehead atoms. The number of aromatic nitrogens is 2. The van der Waals surface area contributed by atoms with E-state index in [-0.39, 0.29) is 10.6 Å². The molecular formula is C22H28N2O3Si. The van der Waals surface area contributed by atoms with Gasteiger partial charge in [0.1, 0.15) is 17.1 Å². The number of rotatable bonds is 6. The number of aromatic amines is 1. The summed E-state index contributed by atoms with van der Waals surface area (Å²) < 4.78 is 6.33. The number of carboxylic acids is 1. The van der Waals surface area contributed by atoms with Gasteiger partial charge in [-0.2, -0.15) is 0 Å². The molecule has 1 aromatic heterocycles. The number of nitrogens with zero attached hydrogens (tertiary/aromatic N) is 1. The monoisotopic (exact) mass is 396 g/mol. The summed E-state index contributed by atoms with van der Waals surface area (Å²) in [5, 5.41) is 9.71. The van der Waals surface area contributed by atoms with Crippen molar-refractivity contribution in [3.05, 3.63) is 59.4 Å². The van der Waals surface area contributed by atoms with Crippen molar-refractivity contribution >= 4 is 25.3 Å². The van der Waals surface area contributed by atoms with Gasteiger partial charge in [-0.15, -0.1) is 0 Å². The third-order valence-corrected chi connectivity index (χ3v) is 9.87. The number of nitrogens with one attached hydrogen (secondary N) is 1. The summed E-state index contributed by atoms with van der Waals surface area (Å²) in [4.78, 5) is 19.7. The van der Waals surface area contributed by atoms with E-state index in [0.29, 0.717) is 16.8 Å². The Morgan fingerprint density at radius 2 is 1.82 bits per heavy atom. The Bertz CT molecular complexity index is 988. The fourth-order valence-electron chi connectivity index (χ4n) is 2.84. The van der Waals surface area contributed by atoms with Gasteiger partial charge in [0, 0.05) is 12.5 Å². The molecule has 3 aromatic rings. The third kappa shape index (κ3) is 4.27. The SMILES string of the molecule is CC(C)(C)[Si](C)(C)Oc1cc(C(=O)O)c2nc(CCc3ccccc3)[nH]c2c1. The van der Waals surface area contributed by atoms with E-state index >= 15 is 0 Å². The molecule has 6 heteroatoms. The molecule has 148 valence electrons. The van der Waals surface area contributed by atoms with Crippen LogP contribution >= 0.6 is 0 Å². The molecule has 0 spiro atoms. The zero-order valence-corrected chi connectivity index (χ0v) is 18.2. The van der Waals surface area contributed by atoms with Crippen molar-refractivity contribution in [2.75, 3.05) is 0 Å². The van der Waals surface area contributed by atoms with Crippen LogP contribution in [-0.2, 0) is 12.8 Å². The molecule has 0 radical (unpaired) electrons. The van der Waals surface area contributed by atoms with Crippen LogP contribution in [0.3, 0.4) is 0 Å². The van der Waals surface area contributed by atoms with Gasteiger partial charge in [0.15, 0.2) is 0 Å². The van der Waals surface area contributed by atoms with Crippen LogP contribution in [0.4, 0.5) is 0 Å². The third-order valence-electron chi connectivity index (χ3n) is 5.51. The fourth-order valence-corrected chi connectivity index (χ4v) is 3.85. The molecule has 0 aliphatic rings. The molecule has 0 saturated carbocycles. The summed E-state index contributed by atoms with van der Waals surface area (Å²) >= 11 is 0. The van der Waals surface area contributed by atoms with Crippen LogP contribution in [0.5, 0.6) is 5.75 Å². The molecule has 2 N–H and O–H groups in total. The number of H-pyrrole nitrogens is 1. The van der Waals surface area contributed by atoms with E-state index in [1.165, 1.54) is 5.56 Å². The topological polar surface area (TPSA) is 75.2 Å². The molecule has 3 rings (SSSR count). The molecule has 2 aromatic carbocycles. The van der Waals surface area contributed by atoms with Crippen LogP contribution in [0.1, 0.15) is 42.5 Å². The average Bonchev–Trinajstić information content (AvgIpc) is 3.01. The number of imidazole rings is 1. The van der Waals surface area contributed by atoms with Gasteiger partial charge in [-0.3, -0.25) is 0 Å². The van der Waals surface area contributed by atoms with Crippen molar-refractivity contribution in [3.63, 3.8) is 0 Å². The first-order valence-electron chi connectivity index (χ1n) is 9.56. The van der Waals surface area contributed by atoms with E-state index in [0.717, 1.165) is 18.7 Å². The van der Waals surface area contributed by atoms with Gasteiger partial charge in [-0.05, 0) is 36.2 Å². The molecule has 0 saturated heterocycles. The lowest BCUT2D eigenvalue weighted by molar-refractivity contribution is 0.0698. The summed E-state index contributed by atoms with van der Waals surface area (Å²) in [6.45, 7) is 10.8. The molecule has 0 amide bonds. The van der Waals surface area contributed by atoms with E-state index in [1.807, 2.05) is 24.3 Å². The molecule has 5 nitrogen and oxygen atoms in total. The second-order valence-electron chi connectivity index (χ2n) is 8.70. The number of benzene rings is 2. The Morgan fingerprint density at radius 1 is 1.14 bits per heavy atom. The zero-order valence-electron chi connectivity index (χ0n) is 17.2. The van der Waals surface area contributed by atoms with Gasteiger partial charge < -0.3 is 14.5 Å². The highest BCUT2D eigenvalue weighted by Gasteiger charge is 2.39. The minimum atomic E-state index is -2.07. The Balaban J connectivity index is 1.93. The largest absolute Gasteiger partial charge is 0.543 e. The molecule has 0 atom stereocenters. The van der Waals surface area contributed by atoms with Gasteiger partial charge in [0.2, 0.25) is 8.32 Å². The Hall–Kier alpha value is -2.60. The second kappa shape index (κ2) is 7.43. The smallest absolute Gasteiger partial charge is 0.338 e. The van der Waals surface area contributed by atoms with E-state index < -0.39 is 14.3 Å². The number of aromatic carboxylic acids is 1. The summed E-state index contributed by atoms with van der Waals surface area (Å²) in [5.41, 5.74) is 2.59. The normalized spacial score (nSPS) is 12.3. The highest BCUT2D eigenvalue weighted by Crippen LogP contribution is 2.38. The average molecular weight is 397 g/mol. The second-order valence-corrected chi connectivity index (χ2v) is 13.4. The van der Waals surface area contributed by atoms with E-state index in [1.54, 1.807) is 6.07 Å². The molecule has 0 fully saturated rings. The van der Waals surface area contributed by atoms with Gasteiger partial charge in [0.25, 0.3) is 0 Å². The quantitative estimate of drug-likeness (QED) is 0.545. The summed E-state index contributed by atoms with van der Waals surface area (Å²) in [5.74, 6) is 0.382. The van der Waals surface area contributed by atoms with Crippen molar-refractivity contribution in [3.8, 4) is 5.75 Å². The molecular weight excluding hydrogens is 368 g/mol. The highest BCUT2D eigenvalue weighted by atomic mass is 28.4. The van der Waals surface area contributed by atoms with Crippen LogP contribution in [0, 0.1) is 0 Å². The minimum Gasteiger partial charge on any atom is -0.543 e. The van der Waals surface area contributed by atoms with Crippen molar-refractivity contribution < 1.29 is 14.3 Å². The maximum atomic E-state index is 11.8. The summed E-state index contributed by atoms with van der Waals surface area (Å²) in [6.07, 6.45) is 1.56. The molecule has 28 heavy (non-hydrogen) atoms. The van der Waals surface area contributed by atoms with Crippen LogP contribution in [0.25, 0.3) is 11.0 Å². The predicted octanol–water partition coefficient (Wildman–Crippen LogP) is 5.43. The zero-order chi connectivity index (χ0) is 20.5. The maximum Gasteiger partial charge on any atom is 0.338 e. The number of carbonyl (C=O) groups is 1. The lowest BCUT2D eigenvalue weighted by Gasteiger charge is -2.36. The van der Waals surface area contributed by atoms with Crippen molar-refractivity contribution in [1.82, 2.24) is 9.97 Å². The van der Waals surface area contributed by atoms with E-state index in [2.05, 4.69) is 56.0 Å². The maximum absolute atomic E-state index is 11.8. The Morgan fingerprint density at radius 3 is 2.43 bits per heavy atom. The summed E-state index contributed by atoms with van der Waals surface area (Å²) in [7, 11) is -2.07. The standard InChI is InChI=1S/C22H28N2O3Si/c1-22(2,3)28(4,5)27-16-13-17(21(25)26)20-18(14-16)23-19(24-20)12-11-15-9-7-6-8-10-15/h6-10,13-14H,11-12H2,1-5H3,(H,23,24)(H,25,26). The van der Waals surface area contributed by atoms with Gasteiger partial charge in [0.05, 0.1) is 11.1 Å². The highest BCUT2D eigenvalue weighted by molar-refractivity contribution is 6.74. The Labute approximate surface area is 166 Å². The molecule has 1 heterocycles. The van der Waals surface area contributed by atoms with Gasteiger partial charge in [-0.25, -0.2) is 9.78 Å². The fraction of sp³-hybridized carbons (Fsp3) is 0.364. The number of fused-ring (bicyclic) bond motifs is 1. The Kier molecular flexibility index (Phi) is 5.34. The predicted molar refractivity (Wildman–Crippen MR) is 115 cm³/mol. The van der Waals surface area contributed by atoms with Gasteiger partial charge in [-0.1, -0.05) is 51.1 Å². The number of hydrogen-bond acceptors (Lipinski definition) is 3. The van der Waals surface area contributed by atoms with Crippen molar-refractivity contribution in [2.45, 2.75) is 51.7 Å². The van der Waals surface area contributed by atoms with Gasteiger partial charge >= 0.3 is 5.97 Å². The lowest BCUT2D eigenvalue weighted by atomic mass is 10.1. The molecule has 0 aliphatic heterocycles. The minimum absolute atomic E-state index is 0.0279. The van der Waals surface area contributed by atoms with Crippen LogP contribution < -0.4 is 4.43 Å². The molecule has 0 aliphatic carbocycles. The molecule has 0 unspecified atom stereocenters. The van der Waals surface area contributed by atoms with Crippen LogP contribution in [0.2, 0.25) is 18.1 Å². The first-order chi connectivity index (χ1) is 13.1. The van der Waals surface area contributed by atoms with Crippen molar-refractivity contribution in [2.24, 2.45) is 0 Å². The first kappa shape index (κ1) is 20.1. The van der Waals surface area contributed by atoms with Crippen LogP contribution in [-0.4, -0.2) is 29.4 Å². The first-order valence-corrected chi connectivity index (χ1v) is 12.5. The van der Waals surface area contributed by atoms with E-state index in [4.69, 9.17) is 4.43 Å². The summed E-state index contributed by atoms with van der Waals surface area (Å²) in [6, 6.07) is 13.7. The van der Waals surface area contributed by atoms with Crippen molar-refractivity contribution in [1.29, 1.82) is 0 Å². The number of aryl methyl sites for hydroxylation is 2. The number of carboxylic acid groups (broad SMARTS) is 1. The lowest BCUT2D eigenvalue weighted by Crippen LogP contribution is -2.43.